The smallest absolute Gasteiger partial charge is 0.313 e. The molecule has 5 heterocycles. The average Bonchev–Trinajstić information content (AvgIpc) is 3.97. The van der Waals surface area contributed by atoms with Crippen LogP contribution >= 0.6 is 0 Å². The number of nitrogens with zero attached hydrogens (tertiary/aromatic N) is 6. The van der Waals surface area contributed by atoms with E-state index in [1.54, 1.807) is 33.7 Å². The molecule has 284 valence electrons. The number of carbonyl (C=O) groups excluding carboxylic acids is 4. The van der Waals surface area contributed by atoms with Gasteiger partial charge in [-0.1, -0.05) is 102 Å². The van der Waals surface area contributed by atoms with Crippen molar-refractivity contribution < 1.29 is 33.8 Å². The Morgan fingerprint density at radius 3 is 2.42 bits per heavy atom. The molecule has 3 aromatic carbocycles. The number of benzene rings is 3. The van der Waals surface area contributed by atoms with Crippen LogP contribution < -0.4 is 0 Å². The zero-order chi connectivity index (χ0) is 38.3. The first-order valence-corrected chi connectivity index (χ1v) is 18.8. The minimum atomic E-state index is -1.52. The molecule has 0 saturated carbocycles. The number of amides is 3. The van der Waals surface area contributed by atoms with E-state index < -0.39 is 72.2 Å². The second-order valence-electron chi connectivity index (χ2n) is 14.8. The number of esters is 1. The van der Waals surface area contributed by atoms with Gasteiger partial charge in [0, 0.05) is 20.0 Å². The summed E-state index contributed by atoms with van der Waals surface area (Å²) in [6, 6.07) is 23.5. The number of para-hydroxylation sites is 1. The SMILES string of the molecule is C[C@H]1[C@H](c2ccccc2)OC(=O)[C@@H]2[C@H]3C(=O)N([C@@H](CO)Cc4ccccc4)[C@H](C(=O)N(Cn4nnc5ccccc54)C/C=C\CCC(=O)N1C)[C@]31C=C[C@H]2O1. The second kappa shape index (κ2) is 14.9. The number of hydrogen-bond acceptors (Lipinski definition) is 9. The van der Waals surface area contributed by atoms with E-state index in [2.05, 4.69) is 10.3 Å². The molecule has 3 amide bonds. The van der Waals surface area contributed by atoms with Crippen LogP contribution in [0.1, 0.15) is 37.0 Å². The van der Waals surface area contributed by atoms with E-state index in [1.165, 1.54) is 4.90 Å². The van der Waals surface area contributed by atoms with Gasteiger partial charge in [0.2, 0.25) is 11.8 Å². The molecule has 13 nitrogen and oxygen atoms in total. The molecule has 2 fully saturated rings. The Kier molecular flexibility index (Phi) is 9.82. The van der Waals surface area contributed by atoms with Crippen molar-refractivity contribution in [2.24, 2.45) is 11.8 Å². The van der Waals surface area contributed by atoms with Gasteiger partial charge >= 0.3 is 5.97 Å². The summed E-state index contributed by atoms with van der Waals surface area (Å²) in [5.41, 5.74) is 1.42. The first-order valence-electron chi connectivity index (χ1n) is 18.8. The maximum Gasteiger partial charge on any atom is 0.313 e. The molecule has 13 heteroatoms. The van der Waals surface area contributed by atoms with Crippen LogP contribution in [0.5, 0.6) is 0 Å². The molecule has 0 unspecified atom stereocenters. The number of allylic oxidation sites excluding steroid dienone is 1. The van der Waals surface area contributed by atoms with Gasteiger partial charge in [0.15, 0.2) is 0 Å². The first kappa shape index (κ1) is 36.3. The van der Waals surface area contributed by atoms with E-state index in [9.17, 15) is 14.7 Å². The highest BCUT2D eigenvalue weighted by atomic mass is 16.6. The number of likely N-dealkylation sites (tertiary alicyclic amines) is 1. The topological polar surface area (TPSA) is 147 Å². The van der Waals surface area contributed by atoms with E-state index in [0.717, 1.165) is 5.56 Å². The van der Waals surface area contributed by atoms with Gasteiger partial charge in [-0.3, -0.25) is 19.2 Å². The number of aliphatic hydroxyl groups is 1. The summed E-state index contributed by atoms with van der Waals surface area (Å²) in [6.07, 6.45) is 6.36. The number of aromatic nitrogens is 3. The van der Waals surface area contributed by atoms with Crippen molar-refractivity contribution in [2.45, 2.75) is 68.8 Å². The van der Waals surface area contributed by atoms with Gasteiger partial charge in [-0.15, -0.1) is 5.10 Å². The monoisotopic (exact) mass is 744 g/mol. The van der Waals surface area contributed by atoms with Gasteiger partial charge in [-0.25, -0.2) is 4.68 Å². The number of hydrogen-bond donors (Lipinski definition) is 1. The summed E-state index contributed by atoms with van der Waals surface area (Å²) >= 11 is 0. The van der Waals surface area contributed by atoms with Gasteiger partial charge in [0.25, 0.3) is 5.91 Å². The highest BCUT2D eigenvalue weighted by Crippen LogP contribution is 2.56. The van der Waals surface area contributed by atoms with Crippen molar-refractivity contribution >= 4 is 34.7 Å². The highest BCUT2D eigenvalue weighted by molar-refractivity contribution is 5.99. The zero-order valence-electron chi connectivity index (χ0n) is 30.8. The van der Waals surface area contributed by atoms with Crippen LogP contribution in [0, 0.1) is 11.8 Å². The lowest BCUT2D eigenvalue weighted by atomic mass is 9.74. The number of cyclic esters (lactones) is 1. The molecule has 2 saturated heterocycles. The van der Waals surface area contributed by atoms with Gasteiger partial charge in [-0.2, -0.15) is 0 Å². The van der Waals surface area contributed by atoms with Crippen LogP contribution in [0.15, 0.2) is 109 Å². The Bertz CT molecular complexity index is 2140. The number of aliphatic hydroxyl groups excluding tert-OH is 1. The molecule has 4 aliphatic rings. The van der Waals surface area contributed by atoms with Crippen LogP contribution in [0.3, 0.4) is 0 Å². The predicted octanol–water partition coefficient (Wildman–Crippen LogP) is 3.45. The first-order chi connectivity index (χ1) is 26.7. The highest BCUT2D eigenvalue weighted by Gasteiger charge is 2.74. The fourth-order valence-electron chi connectivity index (χ4n) is 8.69. The van der Waals surface area contributed by atoms with Crippen molar-refractivity contribution in [1.29, 1.82) is 0 Å². The number of fused-ring (bicyclic) bond motifs is 3. The maximum atomic E-state index is 15.3. The van der Waals surface area contributed by atoms with Crippen LogP contribution in [-0.2, 0) is 41.7 Å². The summed E-state index contributed by atoms with van der Waals surface area (Å²) in [4.78, 5) is 63.1. The summed E-state index contributed by atoms with van der Waals surface area (Å²) in [6.45, 7) is 1.51. The minimum absolute atomic E-state index is 0.0119. The summed E-state index contributed by atoms with van der Waals surface area (Å²) in [5, 5.41) is 19.6. The summed E-state index contributed by atoms with van der Waals surface area (Å²) < 4.78 is 14.7. The van der Waals surface area contributed by atoms with Gasteiger partial charge < -0.3 is 29.3 Å². The van der Waals surface area contributed by atoms with Gasteiger partial charge in [0.05, 0.1) is 36.2 Å². The number of ether oxygens (including phenoxy) is 2. The normalized spacial score (nSPS) is 29.5. The molecule has 0 aliphatic carbocycles. The Balaban J connectivity index is 1.24. The van der Waals surface area contributed by atoms with E-state index in [-0.39, 0.29) is 32.0 Å². The minimum Gasteiger partial charge on any atom is -0.455 e. The van der Waals surface area contributed by atoms with Gasteiger partial charge in [0.1, 0.15) is 35.9 Å². The third-order valence-electron chi connectivity index (χ3n) is 11.6. The molecule has 55 heavy (non-hydrogen) atoms. The molecule has 4 aromatic rings. The molecule has 1 N–H and O–H groups in total. The Morgan fingerprint density at radius 2 is 1.65 bits per heavy atom. The second-order valence-corrected chi connectivity index (χ2v) is 14.8. The van der Waals surface area contributed by atoms with Crippen molar-refractivity contribution in [3.8, 4) is 0 Å². The Labute approximate surface area is 318 Å². The molecule has 0 radical (unpaired) electrons. The van der Waals surface area contributed by atoms with Crippen LogP contribution in [-0.4, -0.2) is 109 Å². The molecular weight excluding hydrogens is 700 g/mol. The van der Waals surface area contributed by atoms with Crippen molar-refractivity contribution in [3.63, 3.8) is 0 Å². The van der Waals surface area contributed by atoms with E-state index >= 15 is 9.59 Å². The van der Waals surface area contributed by atoms with Crippen LogP contribution in [0.4, 0.5) is 0 Å². The quantitative estimate of drug-likeness (QED) is 0.222. The molecule has 8 atom stereocenters. The number of rotatable bonds is 7. The molecule has 8 rings (SSSR count). The lowest BCUT2D eigenvalue weighted by Crippen LogP contribution is -2.59. The molecular formula is C42H44N6O7. The fraction of sp³-hybridized carbons (Fsp3) is 0.381. The third kappa shape index (κ3) is 6.40. The number of carbonyl (C=O) groups is 4. The Hall–Kier alpha value is -5.66. The summed E-state index contributed by atoms with van der Waals surface area (Å²) in [5.74, 6) is -3.91. The standard InChI is InChI=1S/C42H44N6O7/c1-27-37(29-16-8-4-9-17-29)54-41(53)35-33-21-22-42(55-33)36(35)39(51)48(30(25-49)24-28-14-6-3-7-15-28)38(42)40(52)46(23-13-5-10-20-34(50)45(27)2)26-47-32-19-12-11-18-31(32)43-44-47/h3-9,11-19,21-22,27,30,33,35-38,49H,10,20,23-26H2,1-2H3/b13-5-/t27-,30+,33+,35-,36-,37+,38+,42-/m0/s1. The van der Waals surface area contributed by atoms with Crippen molar-refractivity contribution in [1.82, 2.24) is 29.7 Å². The fourth-order valence-corrected chi connectivity index (χ4v) is 8.69. The van der Waals surface area contributed by atoms with Crippen LogP contribution in [0.25, 0.3) is 11.0 Å². The molecule has 4 aliphatic heterocycles. The maximum absolute atomic E-state index is 15.3. The van der Waals surface area contributed by atoms with Crippen molar-refractivity contribution in [3.05, 3.63) is 120 Å². The average molecular weight is 745 g/mol. The molecule has 1 aromatic heterocycles. The van der Waals surface area contributed by atoms with E-state index in [1.807, 2.05) is 104 Å². The van der Waals surface area contributed by atoms with E-state index in [0.29, 0.717) is 23.0 Å². The molecule has 5 bridgehead atoms. The van der Waals surface area contributed by atoms with Crippen LogP contribution in [0.2, 0.25) is 0 Å². The predicted molar refractivity (Wildman–Crippen MR) is 200 cm³/mol. The van der Waals surface area contributed by atoms with E-state index in [4.69, 9.17) is 9.47 Å². The van der Waals surface area contributed by atoms with Gasteiger partial charge in [-0.05, 0) is 43.0 Å². The summed E-state index contributed by atoms with van der Waals surface area (Å²) in [7, 11) is 1.70. The lowest BCUT2D eigenvalue weighted by molar-refractivity contribution is -0.164. The largest absolute Gasteiger partial charge is 0.455 e. The number of likely N-dealkylation sites (N-methyl/N-ethyl adjacent to an activating group) is 1. The Morgan fingerprint density at radius 1 is 0.927 bits per heavy atom. The lowest BCUT2D eigenvalue weighted by Gasteiger charge is -2.38. The molecule has 1 spiro atoms. The van der Waals surface area contributed by atoms with Crippen molar-refractivity contribution in [2.75, 3.05) is 20.2 Å². The zero-order valence-corrected chi connectivity index (χ0v) is 30.8. The third-order valence-corrected chi connectivity index (χ3v) is 11.6.